The Labute approximate surface area is 203 Å². The highest BCUT2D eigenvalue weighted by Gasteiger charge is 2.44. The average molecular weight is 480 g/mol. The predicted molar refractivity (Wildman–Crippen MR) is 130 cm³/mol. The molecule has 0 radical (unpaired) electrons. The van der Waals surface area contributed by atoms with E-state index in [4.69, 9.17) is 9.47 Å². The summed E-state index contributed by atoms with van der Waals surface area (Å²) in [5.74, 6) is -0.653. The molecule has 1 amide bonds. The van der Waals surface area contributed by atoms with Gasteiger partial charge in [0.2, 0.25) is 11.7 Å². The fourth-order valence-electron chi connectivity index (χ4n) is 4.56. The number of amides is 1. The molecule has 0 saturated heterocycles. The lowest BCUT2D eigenvalue weighted by atomic mass is 9.86. The molecular weight excluding hydrogens is 452 g/mol. The van der Waals surface area contributed by atoms with Crippen molar-refractivity contribution >= 4 is 11.5 Å². The van der Waals surface area contributed by atoms with E-state index in [-0.39, 0.29) is 36.0 Å². The molecule has 1 aliphatic rings. The van der Waals surface area contributed by atoms with E-state index in [0.29, 0.717) is 34.4 Å². The van der Waals surface area contributed by atoms with Crippen molar-refractivity contribution in [1.29, 1.82) is 0 Å². The van der Waals surface area contributed by atoms with Crippen LogP contribution >= 0.6 is 0 Å². The highest BCUT2D eigenvalue weighted by molar-refractivity contribution is 5.93. The van der Waals surface area contributed by atoms with Crippen LogP contribution in [-0.2, 0) is 23.4 Å². The molecule has 0 aliphatic heterocycles. The van der Waals surface area contributed by atoms with E-state index < -0.39 is 11.5 Å². The second kappa shape index (κ2) is 9.78. The minimum Gasteiger partial charge on any atom is -0.502 e. The number of methoxy groups -OCH3 is 2. The number of carbonyl (C=O) groups is 1. The Morgan fingerprint density at radius 2 is 1.66 bits per heavy atom. The number of carbonyl (C=O) groups excluding carboxylic acids is 1. The minimum atomic E-state index is -1.98. The number of phenolic OH excluding ortho intramolecular Hbond substituents is 1. The first-order chi connectivity index (χ1) is 16.8. The normalized spacial score (nSPS) is 16.7. The fourth-order valence-corrected chi connectivity index (χ4v) is 4.56. The maximum Gasteiger partial charge on any atom is 0.224 e. The monoisotopic (exact) mass is 479 g/mol. The summed E-state index contributed by atoms with van der Waals surface area (Å²) in [6, 6.07) is 16.5. The molecule has 0 bridgehead atoms. The molecule has 0 saturated carbocycles. The quantitative estimate of drug-likeness (QED) is 0.451. The largest absolute Gasteiger partial charge is 0.502 e. The molecule has 5 nitrogen and oxygen atoms in total. The summed E-state index contributed by atoms with van der Waals surface area (Å²) in [5, 5.41) is 13.1. The maximum atomic E-state index is 16.8. The number of hydrogen-bond donors (Lipinski definition) is 2. The number of halogens is 2. The van der Waals surface area contributed by atoms with Crippen molar-refractivity contribution in [3.05, 3.63) is 94.3 Å². The zero-order valence-electron chi connectivity index (χ0n) is 19.8. The summed E-state index contributed by atoms with van der Waals surface area (Å²) in [7, 11) is 2.79. The first-order valence-electron chi connectivity index (χ1n) is 11.2. The maximum absolute atomic E-state index is 16.8. The van der Waals surface area contributed by atoms with Gasteiger partial charge < -0.3 is 19.9 Å². The Hall–Kier alpha value is -3.87. The van der Waals surface area contributed by atoms with Crippen LogP contribution in [0.5, 0.6) is 17.2 Å². The summed E-state index contributed by atoms with van der Waals surface area (Å²) in [5.41, 5.74) is 0.975. The number of hydrogen-bond acceptors (Lipinski definition) is 4. The van der Waals surface area contributed by atoms with Gasteiger partial charge >= 0.3 is 0 Å². The number of nitrogens with one attached hydrogen (secondary N) is 1. The van der Waals surface area contributed by atoms with Crippen molar-refractivity contribution in [2.45, 2.75) is 32.0 Å². The van der Waals surface area contributed by atoms with E-state index in [1.54, 1.807) is 19.1 Å². The van der Waals surface area contributed by atoms with Crippen LogP contribution in [0, 0.1) is 5.82 Å². The molecule has 35 heavy (non-hydrogen) atoms. The van der Waals surface area contributed by atoms with Crippen LogP contribution in [0.4, 0.5) is 8.78 Å². The van der Waals surface area contributed by atoms with Gasteiger partial charge in [0, 0.05) is 18.5 Å². The number of phenols is 1. The summed E-state index contributed by atoms with van der Waals surface area (Å²) in [6.45, 7) is 1.97. The molecule has 0 spiro atoms. The van der Waals surface area contributed by atoms with Gasteiger partial charge in [0.25, 0.3) is 0 Å². The van der Waals surface area contributed by atoms with Gasteiger partial charge in [-0.25, -0.2) is 8.78 Å². The number of benzene rings is 3. The average Bonchev–Trinajstić information content (AvgIpc) is 3.05. The Morgan fingerprint density at radius 1 is 1.00 bits per heavy atom. The first-order valence-corrected chi connectivity index (χ1v) is 11.2. The Kier molecular flexibility index (Phi) is 6.78. The molecule has 182 valence electrons. The second-order valence-corrected chi connectivity index (χ2v) is 8.56. The smallest absolute Gasteiger partial charge is 0.224 e. The highest BCUT2D eigenvalue weighted by atomic mass is 19.1. The standard InChI is InChI=1S/C28H27F2NO4/c1-17-21(14-26(32)31-16-18-7-5-4-6-8-18)22-13-20(29)9-10-23(22)28(17,30)15-19-11-24(34-2)27(33)25(12-19)35-3/h4-13,33H,14-16H2,1-3H3,(H,31,32). The molecule has 0 heterocycles. The zero-order chi connectivity index (χ0) is 25.2. The molecule has 1 unspecified atom stereocenters. The van der Waals surface area contributed by atoms with Crippen LogP contribution in [0.25, 0.3) is 5.57 Å². The van der Waals surface area contributed by atoms with E-state index >= 15 is 4.39 Å². The van der Waals surface area contributed by atoms with Crippen molar-refractivity contribution in [3.63, 3.8) is 0 Å². The minimum absolute atomic E-state index is 0.0803. The molecular formula is C28H27F2NO4. The lowest BCUT2D eigenvalue weighted by molar-refractivity contribution is -0.120. The summed E-state index contributed by atoms with van der Waals surface area (Å²) >= 11 is 0. The molecule has 2 N–H and O–H groups in total. The van der Waals surface area contributed by atoms with Crippen LogP contribution in [0.15, 0.2) is 66.2 Å². The second-order valence-electron chi connectivity index (χ2n) is 8.56. The highest BCUT2D eigenvalue weighted by Crippen LogP contribution is 2.51. The van der Waals surface area contributed by atoms with Crippen molar-refractivity contribution < 1.29 is 28.2 Å². The van der Waals surface area contributed by atoms with Crippen molar-refractivity contribution in [3.8, 4) is 17.2 Å². The summed E-state index contributed by atoms with van der Waals surface area (Å²) < 4.78 is 41.4. The van der Waals surface area contributed by atoms with Gasteiger partial charge in [-0.05, 0) is 59.0 Å². The van der Waals surface area contributed by atoms with Gasteiger partial charge in [0.1, 0.15) is 5.82 Å². The predicted octanol–water partition coefficient (Wildman–Crippen LogP) is 5.45. The van der Waals surface area contributed by atoms with Crippen LogP contribution < -0.4 is 14.8 Å². The molecule has 1 atom stereocenters. The molecule has 7 heteroatoms. The van der Waals surface area contributed by atoms with E-state index in [2.05, 4.69) is 5.32 Å². The number of aromatic hydroxyl groups is 1. The third-order valence-corrected chi connectivity index (χ3v) is 6.44. The lowest BCUT2D eigenvalue weighted by Gasteiger charge is -2.24. The van der Waals surface area contributed by atoms with Gasteiger partial charge in [-0.15, -0.1) is 0 Å². The third kappa shape index (κ3) is 4.71. The van der Waals surface area contributed by atoms with Gasteiger partial charge in [-0.1, -0.05) is 36.4 Å². The molecule has 0 aromatic heterocycles. The van der Waals surface area contributed by atoms with Gasteiger partial charge in [0.15, 0.2) is 17.2 Å². The molecule has 4 rings (SSSR count). The van der Waals surface area contributed by atoms with Crippen molar-refractivity contribution in [2.75, 3.05) is 14.2 Å². The van der Waals surface area contributed by atoms with Crippen LogP contribution in [0.2, 0.25) is 0 Å². The number of rotatable bonds is 8. The van der Waals surface area contributed by atoms with Crippen molar-refractivity contribution in [1.82, 2.24) is 5.32 Å². The van der Waals surface area contributed by atoms with Crippen LogP contribution in [0.1, 0.15) is 35.6 Å². The molecule has 3 aromatic carbocycles. The fraction of sp³-hybridized carbons (Fsp3) is 0.250. The Bertz CT molecular complexity index is 1260. The number of ether oxygens (including phenoxy) is 2. The number of allylic oxidation sites excluding steroid dienone is 1. The molecule has 1 aliphatic carbocycles. The number of alkyl halides is 1. The topological polar surface area (TPSA) is 67.8 Å². The Balaban J connectivity index is 1.66. The molecule has 0 fully saturated rings. The summed E-state index contributed by atoms with van der Waals surface area (Å²) in [6.07, 6.45) is -0.192. The first kappa shape index (κ1) is 24.3. The number of fused-ring (bicyclic) bond motifs is 1. The van der Waals surface area contributed by atoms with E-state index in [0.717, 1.165) is 5.56 Å². The van der Waals surface area contributed by atoms with E-state index in [1.165, 1.54) is 32.4 Å². The van der Waals surface area contributed by atoms with Crippen molar-refractivity contribution in [2.24, 2.45) is 0 Å². The summed E-state index contributed by atoms with van der Waals surface area (Å²) in [4.78, 5) is 12.8. The van der Waals surface area contributed by atoms with Gasteiger partial charge in [-0.2, -0.15) is 0 Å². The van der Waals surface area contributed by atoms with E-state index in [9.17, 15) is 14.3 Å². The SMILES string of the molecule is COc1cc(CC2(F)C(C)=C(CC(=O)NCc3ccccc3)c3cc(F)ccc32)cc(OC)c1O. The molecule has 3 aromatic rings. The Morgan fingerprint density at radius 3 is 2.29 bits per heavy atom. The van der Waals surface area contributed by atoms with E-state index in [1.807, 2.05) is 30.3 Å². The van der Waals surface area contributed by atoms with Crippen LogP contribution in [0.3, 0.4) is 0 Å². The lowest BCUT2D eigenvalue weighted by Crippen LogP contribution is -2.24. The zero-order valence-corrected chi connectivity index (χ0v) is 19.8. The van der Waals surface area contributed by atoms with Crippen LogP contribution in [-0.4, -0.2) is 25.2 Å². The third-order valence-electron chi connectivity index (χ3n) is 6.44. The van der Waals surface area contributed by atoms with Gasteiger partial charge in [0.05, 0.1) is 20.6 Å². The van der Waals surface area contributed by atoms with Gasteiger partial charge in [-0.3, -0.25) is 4.79 Å².